The van der Waals surface area contributed by atoms with E-state index in [1.807, 2.05) is 6.08 Å². The average Bonchev–Trinajstić information content (AvgIpc) is 3.34. The molecule has 2 aromatic heterocycles. The number of halogens is 1. The van der Waals surface area contributed by atoms with Crippen molar-refractivity contribution in [3.63, 3.8) is 0 Å². The fraction of sp³-hybridized carbons (Fsp3) is 0.370. The van der Waals surface area contributed by atoms with Crippen LogP contribution in [0.25, 0.3) is 11.8 Å². The summed E-state index contributed by atoms with van der Waals surface area (Å²) in [6.45, 7) is 1.22. The van der Waals surface area contributed by atoms with Crippen molar-refractivity contribution in [3.05, 3.63) is 83.2 Å². The molecule has 1 aromatic carbocycles. The normalized spacial score (nSPS) is 22.7. The van der Waals surface area contributed by atoms with E-state index in [0.29, 0.717) is 56.8 Å². The Hall–Kier alpha value is -3.21. The smallest absolute Gasteiger partial charge is 0.217 e. The number of hydrogen-bond donors (Lipinski definition) is 0. The van der Waals surface area contributed by atoms with E-state index in [1.165, 1.54) is 16.4 Å². The lowest BCUT2D eigenvalue weighted by atomic mass is 9.65. The number of carbonyl (C=O) groups is 1. The van der Waals surface area contributed by atoms with Gasteiger partial charge in [0.25, 0.3) is 0 Å². The number of nitrogens with zero attached hydrogens (tertiary/aromatic N) is 4. The Bertz CT molecular complexity index is 1460. The van der Waals surface area contributed by atoms with Crippen molar-refractivity contribution in [3.8, 4) is 5.69 Å². The summed E-state index contributed by atoms with van der Waals surface area (Å²) in [7, 11) is -3.61. The van der Waals surface area contributed by atoms with Crippen molar-refractivity contribution >= 4 is 21.9 Å². The molecule has 10 heteroatoms. The number of benzene rings is 1. The summed E-state index contributed by atoms with van der Waals surface area (Å²) in [6, 6.07) is 11.3. The second-order valence-electron chi connectivity index (χ2n) is 9.86. The quantitative estimate of drug-likeness (QED) is 0.477. The topological polar surface area (TPSA) is 94.4 Å². The largest absolute Gasteiger partial charge is 0.381 e. The minimum atomic E-state index is -3.61. The number of Topliss-reactive ketones (excluding diaryl/α,β-unsaturated/α-hetero) is 1. The first kappa shape index (κ1) is 24.1. The SMILES string of the molecule is O=C(c1ccccn1)[C@]12Cc3cnn(-c4ccc(F)cc4)c3C=C1CCN(S(=O)(=O)C1CCOCC1)C2. The van der Waals surface area contributed by atoms with Crippen molar-refractivity contribution < 1.29 is 22.3 Å². The highest BCUT2D eigenvalue weighted by atomic mass is 32.2. The Morgan fingerprint density at radius 3 is 2.62 bits per heavy atom. The zero-order valence-electron chi connectivity index (χ0n) is 20.2. The van der Waals surface area contributed by atoms with Crippen LogP contribution >= 0.6 is 0 Å². The van der Waals surface area contributed by atoms with Crippen molar-refractivity contribution in [2.45, 2.75) is 30.9 Å². The summed E-state index contributed by atoms with van der Waals surface area (Å²) in [5.74, 6) is -0.521. The van der Waals surface area contributed by atoms with Gasteiger partial charge in [-0.25, -0.2) is 21.8 Å². The molecule has 0 bridgehead atoms. The number of piperidine rings is 1. The predicted molar refractivity (Wildman–Crippen MR) is 135 cm³/mol. The van der Waals surface area contributed by atoms with Crippen LogP contribution in [0, 0.1) is 11.2 Å². The highest BCUT2D eigenvalue weighted by Crippen LogP contribution is 2.47. The molecule has 0 unspecified atom stereocenters. The summed E-state index contributed by atoms with van der Waals surface area (Å²) in [4.78, 5) is 18.4. The number of aromatic nitrogens is 3. The Morgan fingerprint density at radius 2 is 1.89 bits per heavy atom. The molecule has 2 saturated heterocycles. The van der Waals surface area contributed by atoms with E-state index in [-0.39, 0.29) is 18.1 Å². The summed E-state index contributed by atoms with van der Waals surface area (Å²) < 4.78 is 49.5. The van der Waals surface area contributed by atoms with Crippen LogP contribution in [-0.4, -0.2) is 64.8 Å². The van der Waals surface area contributed by atoms with Crippen molar-refractivity contribution in [1.29, 1.82) is 0 Å². The summed E-state index contributed by atoms with van der Waals surface area (Å²) in [5, 5.41) is 4.03. The van der Waals surface area contributed by atoms with Crippen molar-refractivity contribution in [1.82, 2.24) is 19.1 Å². The number of fused-ring (bicyclic) bond motifs is 2. The molecule has 2 fully saturated rings. The van der Waals surface area contributed by atoms with Gasteiger partial charge in [0.05, 0.1) is 28.2 Å². The molecule has 4 heterocycles. The van der Waals surface area contributed by atoms with E-state index in [1.54, 1.807) is 47.4 Å². The molecular formula is C27H27FN4O4S. The van der Waals surface area contributed by atoms with Gasteiger partial charge in [-0.3, -0.25) is 9.78 Å². The molecule has 0 spiro atoms. The van der Waals surface area contributed by atoms with Gasteiger partial charge in [0, 0.05) is 32.5 Å². The fourth-order valence-corrected chi connectivity index (χ4v) is 7.70. The Morgan fingerprint density at radius 1 is 1.11 bits per heavy atom. The third-order valence-electron chi connectivity index (χ3n) is 7.73. The molecule has 0 N–H and O–H groups in total. The number of ketones is 1. The van der Waals surface area contributed by atoms with Gasteiger partial charge in [0.15, 0.2) is 5.78 Å². The lowest BCUT2D eigenvalue weighted by molar-refractivity contribution is 0.0761. The highest BCUT2D eigenvalue weighted by molar-refractivity contribution is 7.89. The number of rotatable bonds is 5. The van der Waals surface area contributed by atoms with Crippen LogP contribution in [0.2, 0.25) is 0 Å². The van der Waals surface area contributed by atoms with Gasteiger partial charge in [-0.1, -0.05) is 11.6 Å². The molecular weight excluding hydrogens is 495 g/mol. The first-order valence-electron chi connectivity index (χ1n) is 12.4. The predicted octanol–water partition coefficient (Wildman–Crippen LogP) is 3.43. The van der Waals surface area contributed by atoms with E-state index < -0.39 is 20.7 Å². The molecule has 8 nitrogen and oxygen atoms in total. The van der Waals surface area contributed by atoms with Crippen LogP contribution in [-0.2, 0) is 21.2 Å². The number of sulfonamides is 1. The number of carbonyl (C=O) groups excluding carboxylic acids is 1. The first-order valence-corrected chi connectivity index (χ1v) is 14.0. The second-order valence-corrected chi connectivity index (χ2v) is 12.1. The summed E-state index contributed by atoms with van der Waals surface area (Å²) in [6.07, 6.45) is 6.90. The van der Waals surface area contributed by atoms with Gasteiger partial charge >= 0.3 is 0 Å². The fourth-order valence-electron chi connectivity index (χ4n) is 5.75. The van der Waals surface area contributed by atoms with E-state index in [4.69, 9.17) is 4.74 Å². The van der Waals surface area contributed by atoms with Gasteiger partial charge in [-0.2, -0.15) is 5.10 Å². The van der Waals surface area contributed by atoms with Gasteiger partial charge in [0.2, 0.25) is 10.0 Å². The second kappa shape index (κ2) is 9.27. The third-order valence-corrected chi connectivity index (χ3v) is 10.1. The Kier molecular flexibility index (Phi) is 6.05. The summed E-state index contributed by atoms with van der Waals surface area (Å²) >= 11 is 0. The zero-order chi connectivity index (χ0) is 25.6. The number of ether oxygens (including phenoxy) is 1. The minimum Gasteiger partial charge on any atom is -0.381 e. The van der Waals surface area contributed by atoms with Gasteiger partial charge in [0.1, 0.15) is 11.5 Å². The van der Waals surface area contributed by atoms with Crippen molar-refractivity contribution in [2.75, 3.05) is 26.3 Å². The maximum absolute atomic E-state index is 14.1. The van der Waals surface area contributed by atoms with E-state index in [0.717, 1.165) is 16.8 Å². The van der Waals surface area contributed by atoms with Crippen LogP contribution in [0.3, 0.4) is 0 Å². The van der Waals surface area contributed by atoms with Gasteiger partial charge in [-0.15, -0.1) is 0 Å². The molecule has 3 aromatic rings. The third kappa shape index (κ3) is 4.13. The summed E-state index contributed by atoms with van der Waals surface area (Å²) in [5.41, 5.74) is 2.48. The van der Waals surface area contributed by atoms with E-state index in [2.05, 4.69) is 10.1 Å². The van der Waals surface area contributed by atoms with Crippen LogP contribution in [0.4, 0.5) is 4.39 Å². The Labute approximate surface area is 214 Å². The molecule has 0 radical (unpaired) electrons. The van der Waals surface area contributed by atoms with Gasteiger partial charge < -0.3 is 4.74 Å². The van der Waals surface area contributed by atoms with Crippen LogP contribution in [0.1, 0.15) is 41.0 Å². The monoisotopic (exact) mass is 522 g/mol. The van der Waals surface area contributed by atoms with Crippen LogP contribution in [0.15, 0.2) is 60.4 Å². The van der Waals surface area contributed by atoms with Crippen LogP contribution in [0.5, 0.6) is 0 Å². The molecule has 3 aliphatic rings. The molecule has 37 heavy (non-hydrogen) atoms. The van der Waals surface area contributed by atoms with Crippen molar-refractivity contribution in [2.24, 2.45) is 5.41 Å². The molecule has 0 saturated carbocycles. The Balaban J connectivity index is 1.42. The molecule has 192 valence electrons. The molecule has 2 aliphatic heterocycles. The van der Waals surface area contributed by atoms with E-state index in [9.17, 15) is 17.6 Å². The zero-order valence-corrected chi connectivity index (χ0v) is 21.0. The number of pyridine rings is 1. The average molecular weight is 523 g/mol. The molecule has 0 amide bonds. The lowest BCUT2D eigenvalue weighted by Gasteiger charge is -2.45. The maximum Gasteiger partial charge on any atom is 0.217 e. The van der Waals surface area contributed by atoms with E-state index >= 15 is 0 Å². The standard InChI is InChI=1S/C27H27FN4O4S/c28-21-4-6-22(7-5-21)32-25-15-20-8-12-31(37(34,35)23-9-13-36-14-10-23)18-27(20,16-19(25)17-30-32)26(33)24-3-1-2-11-29-24/h1-7,11,15,17,23H,8-10,12-14,16,18H2/t27-/m0/s1. The minimum absolute atomic E-state index is 0.0646. The highest BCUT2D eigenvalue weighted by Gasteiger charge is 2.52. The molecule has 1 atom stereocenters. The van der Waals surface area contributed by atoms with Gasteiger partial charge in [-0.05, 0) is 73.7 Å². The first-order chi connectivity index (χ1) is 17.9. The molecule has 1 aliphatic carbocycles. The van der Waals surface area contributed by atoms with Crippen LogP contribution < -0.4 is 0 Å². The molecule has 6 rings (SSSR count). The number of hydrogen-bond acceptors (Lipinski definition) is 6. The maximum atomic E-state index is 14.1. The lowest BCUT2D eigenvalue weighted by Crippen LogP contribution is -2.55.